The van der Waals surface area contributed by atoms with Crippen LogP contribution in [0.1, 0.15) is 39.0 Å². The number of Topliss-reactive ketones (excluding diaryl/α,β-unsaturated/α-hetero) is 1. The fourth-order valence-electron chi connectivity index (χ4n) is 1.00. The van der Waals surface area contributed by atoms with Crippen LogP contribution in [-0.4, -0.2) is 23.3 Å². The first-order valence-corrected chi connectivity index (χ1v) is 5.03. The average molecular weight is 213 g/mol. The zero-order valence-electron chi connectivity index (χ0n) is 8.29. The number of hydrogen-bond acceptors (Lipinski definition) is 5. The van der Waals surface area contributed by atoms with Crippen LogP contribution >= 0.6 is 11.3 Å². The molecule has 0 aliphatic carbocycles. The van der Waals surface area contributed by atoms with Crippen molar-refractivity contribution in [2.24, 2.45) is 0 Å². The number of carbonyl (C=O) groups excluding carboxylic acids is 2. The molecule has 0 aromatic carbocycles. The highest BCUT2D eigenvalue weighted by atomic mass is 32.1. The van der Waals surface area contributed by atoms with Gasteiger partial charge in [0.15, 0.2) is 11.5 Å². The summed E-state index contributed by atoms with van der Waals surface area (Å²) in [5, 5.41) is 0.693. The van der Waals surface area contributed by atoms with Crippen molar-refractivity contribution in [1.29, 1.82) is 0 Å². The lowest BCUT2D eigenvalue weighted by molar-refractivity contribution is 0.0517. The zero-order chi connectivity index (χ0) is 10.7. The quantitative estimate of drug-likeness (QED) is 0.567. The van der Waals surface area contributed by atoms with Gasteiger partial charge < -0.3 is 4.74 Å². The highest BCUT2D eigenvalue weighted by Gasteiger charge is 2.20. The first-order valence-electron chi connectivity index (χ1n) is 4.21. The van der Waals surface area contributed by atoms with Crippen LogP contribution in [0.4, 0.5) is 0 Å². The predicted octanol–water partition coefficient (Wildman–Crippen LogP) is 1.83. The molecule has 5 heteroatoms. The largest absolute Gasteiger partial charge is 0.461 e. The second-order valence-electron chi connectivity index (χ2n) is 2.69. The van der Waals surface area contributed by atoms with Crippen molar-refractivity contribution >= 4 is 23.1 Å². The molecule has 0 atom stereocenters. The van der Waals surface area contributed by atoms with E-state index >= 15 is 0 Å². The molecule has 0 saturated heterocycles. The van der Waals surface area contributed by atoms with Gasteiger partial charge in [-0.25, -0.2) is 9.78 Å². The van der Waals surface area contributed by atoms with E-state index in [2.05, 4.69) is 4.98 Å². The Morgan fingerprint density at radius 3 is 2.64 bits per heavy atom. The maximum Gasteiger partial charge on any atom is 0.358 e. The molecule has 0 spiro atoms. The maximum atomic E-state index is 11.4. The van der Waals surface area contributed by atoms with Gasteiger partial charge in [-0.05, 0) is 13.8 Å². The van der Waals surface area contributed by atoms with Crippen molar-refractivity contribution in [3.63, 3.8) is 0 Å². The molecule has 4 nitrogen and oxygen atoms in total. The van der Waals surface area contributed by atoms with Gasteiger partial charge in [-0.2, -0.15) is 0 Å². The minimum atomic E-state index is -0.526. The molecule has 0 saturated carbocycles. The minimum absolute atomic E-state index is 0.141. The van der Waals surface area contributed by atoms with Crippen LogP contribution in [0.15, 0.2) is 0 Å². The summed E-state index contributed by atoms with van der Waals surface area (Å²) in [4.78, 5) is 26.9. The summed E-state index contributed by atoms with van der Waals surface area (Å²) < 4.78 is 4.79. The van der Waals surface area contributed by atoms with Gasteiger partial charge in [0, 0.05) is 6.92 Å². The van der Waals surface area contributed by atoms with E-state index in [9.17, 15) is 9.59 Å². The van der Waals surface area contributed by atoms with E-state index in [0.717, 1.165) is 0 Å². The first-order chi connectivity index (χ1) is 6.56. The van der Waals surface area contributed by atoms with Gasteiger partial charge >= 0.3 is 5.97 Å². The predicted molar refractivity (Wildman–Crippen MR) is 52.8 cm³/mol. The lowest BCUT2D eigenvalue weighted by Crippen LogP contribution is -2.09. The number of ether oxygens (including phenoxy) is 1. The molecular formula is C9H11NO3S. The third-order valence-corrected chi connectivity index (χ3v) is 2.59. The Labute approximate surface area is 85.9 Å². The van der Waals surface area contributed by atoms with Crippen LogP contribution in [0.3, 0.4) is 0 Å². The summed E-state index contributed by atoms with van der Waals surface area (Å²) >= 11 is 1.22. The van der Waals surface area contributed by atoms with E-state index in [1.165, 1.54) is 18.3 Å². The molecule has 0 radical (unpaired) electrons. The lowest BCUT2D eigenvalue weighted by Gasteiger charge is -1.98. The van der Waals surface area contributed by atoms with Gasteiger partial charge in [-0.3, -0.25) is 4.79 Å². The van der Waals surface area contributed by atoms with Gasteiger partial charge in [0.05, 0.1) is 11.6 Å². The molecule has 0 bridgehead atoms. The average Bonchev–Trinajstić information content (AvgIpc) is 2.48. The number of aromatic nitrogens is 1. The number of aryl methyl sites for hydroxylation is 1. The summed E-state index contributed by atoms with van der Waals surface area (Å²) in [5.74, 6) is -0.680. The SMILES string of the molecule is CCOC(=O)c1nc(C)sc1C(C)=O. The summed E-state index contributed by atoms with van der Waals surface area (Å²) in [5.41, 5.74) is 0.141. The number of rotatable bonds is 3. The van der Waals surface area contributed by atoms with Crippen molar-refractivity contribution in [2.75, 3.05) is 6.61 Å². The maximum absolute atomic E-state index is 11.4. The Hall–Kier alpha value is -1.23. The Bertz CT molecular complexity index is 370. The fraction of sp³-hybridized carbons (Fsp3) is 0.444. The molecule has 0 N–H and O–H groups in total. The Kier molecular flexibility index (Phi) is 3.35. The second kappa shape index (κ2) is 4.32. The third kappa shape index (κ3) is 2.17. The number of carbonyl (C=O) groups is 2. The molecule has 0 aliphatic heterocycles. The van der Waals surface area contributed by atoms with Crippen LogP contribution < -0.4 is 0 Å². The highest BCUT2D eigenvalue weighted by molar-refractivity contribution is 7.14. The van der Waals surface area contributed by atoms with Crippen molar-refractivity contribution in [2.45, 2.75) is 20.8 Å². The first kappa shape index (κ1) is 10.8. The zero-order valence-corrected chi connectivity index (χ0v) is 9.10. The van der Waals surface area contributed by atoms with Crippen molar-refractivity contribution < 1.29 is 14.3 Å². The van der Waals surface area contributed by atoms with Gasteiger partial charge in [0.2, 0.25) is 0 Å². The van der Waals surface area contributed by atoms with Gasteiger partial charge in [-0.1, -0.05) is 0 Å². The molecule has 1 heterocycles. The monoisotopic (exact) mass is 213 g/mol. The standard InChI is InChI=1S/C9H11NO3S/c1-4-13-9(12)7-8(5(2)11)14-6(3)10-7/h4H2,1-3H3. The third-order valence-electron chi connectivity index (χ3n) is 1.52. The molecule has 14 heavy (non-hydrogen) atoms. The molecule has 0 unspecified atom stereocenters. The van der Waals surface area contributed by atoms with Crippen molar-refractivity contribution in [3.05, 3.63) is 15.6 Å². The molecule has 0 amide bonds. The van der Waals surface area contributed by atoms with E-state index in [0.29, 0.717) is 9.88 Å². The number of hydrogen-bond donors (Lipinski definition) is 0. The summed E-state index contributed by atoms with van der Waals surface area (Å²) in [6.45, 7) is 5.16. The van der Waals surface area contributed by atoms with E-state index in [1.54, 1.807) is 13.8 Å². The summed E-state index contributed by atoms with van der Waals surface area (Å²) in [6.07, 6.45) is 0. The molecule has 1 rings (SSSR count). The molecular weight excluding hydrogens is 202 g/mol. The van der Waals surface area contributed by atoms with E-state index < -0.39 is 5.97 Å². The van der Waals surface area contributed by atoms with Crippen LogP contribution in [0.5, 0.6) is 0 Å². The van der Waals surface area contributed by atoms with Crippen molar-refractivity contribution in [3.8, 4) is 0 Å². The summed E-state index contributed by atoms with van der Waals surface area (Å²) in [7, 11) is 0. The van der Waals surface area contributed by atoms with Crippen LogP contribution in [0, 0.1) is 6.92 Å². The van der Waals surface area contributed by atoms with Crippen LogP contribution in [-0.2, 0) is 4.74 Å². The topological polar surface area (TPSA) is 56.3 Å². The molecule has 0 aliphatic rings. The number of ketones is 1. The van der Waals surface area contributed by atoms with Crippen LogP contribution in [0.2, 0.25) is 0 Å². The normalized spacial score (nSPS) is 9.93. The van der Waals surface area contributed by atoms with E-state index in [1.807, 2.05) is 0 Å². The van der Waals surface area contributed by atoms with Crippen molar-refractivity contribution in [1.82, 2.24) is 4.98 Å². The van der Waals surface area contributed by atoms with E-state index in [4.69, 9.17) is 4.74 Å². The Balaban J connectivity index is 3.06. The minimum Gasteiger partial charge on any atom is -0.461 e. The number of thiazole rings is 1. The van der Waals surface area contributed by atoms with Gasteiger partial charge in [-0.15, -0.1) is 11.3 Å². The fourth-order valence-corrected chi connectivity index (χ4v) is 1.81. The second-order valence-corrected chi connectivity index (χ2v) is 3.89. The van der Waals surface area contributed by atoms with Gasteiger partial charge in [0.1, 0.15) is 4.88 Å². The molecule has 76 valence electrons. The van der Waals surface area contributed by atoms with E-state index in [-0.39, 0.29) is 18.1 Å². The Morgan fingerprint density at radius 1 is 1.50 bits per heavy atom. The Morgan fingerprint density at radius 2 is 2.14 bits per heavy atom. The van der Waals surface area contributed by atoms with Crippen LogP contribution in [0.25, 0.3) is 0 Å². The van der Waals surface area contributed by atoms with Gasteiger partial charge in [0.25, 0.3) is 0 Å². The smallest absolute Gasteiger partial charge is 0.358 e. The molecule has 0 fully saturated rings. The molecule has 1 aromatic rings. The number of nitrogens with zero attached hydrogens (tertiary/aromatic N) is 1. The summed E-state index contributed by atoms with van der Waals surface area (Å²) in [6, 6.07) is 0. The lowest BCUT2D eigenvalue weighted by atomic mass is 10.3. The molecule has 1 aromatic heterocycles. The highest BCUT2D eigenvalue weighted by Crippen LogP contribution is 2.19. The number of esters is 1.